The van der Waals surface area contributed by atoms with Crippen LogP contribution in [-0.2, 0) is 17.6 Å². The average molecular weight is 362 g/mol. The second-order valence-electron chi connectivity index (χ2n) is 6.94. The predicted octanol–water partition coefficient (Wildman–Crippen LogP) is 3.97. The Kier molecular flexibility index (Phi) is 4.77. The quantitative estimate of drug-likeness (QED) is 0.661. The van der Waals surface area contributed by atoms with Crippen molar-refractivity contribution in [3.63, 3.8) is 0 Å². The maximum Gasteiger partial charge on any atom is 0.230 e. The summed E-state index contributed by atoms with van der Waals surface area (Å²) in [7, 11) is 0. The van der Waals surface area contributed by atoms with Crippen LogP contribution >= 0.6 is 23.1 Å². The number of thiophene rings is 1. The number of thioether (sulfide) groups is 1. The van der Waals surface area contributed by atoms with Gasteiger partial charge in [0, 0.05) is 16.3 Å². The molecule has 6 heteroatoms. The summed E-state index contributed by atoms with van der Waals surface area (Å²) in [5, 5.41) is 5.42. The lowest BCUT2D eigenvalue weighted by Gasteiger charge is -2.29. The highest BCUT2D eigenvalue weighted by Crippen LogP contribution is 2.39. The fraction of sp³-hybridized carbons (Fsp3) is 0.611. The molecule has 2 heterocycles. The minimum absolute atomic E-state index is 0.136. The Morgan fingerprint density at radius 1 is 1.29 bits per heavy atom. The first-order valence-electron chi connectivity index (χ1n) is 8.90. The van der Waals surface area contributed by atoms with E-state index in [1.165, 1.54) is 47.9 Å². The predicted molar refractivity (Wildman–Crippen MR) is 99.7 cm³/mol. The van der Waals surface area contributed by atoms with Crippen LogP contribution in [0.5, 0.6) is 0 Å². The molecule has 0 unspecified atom stereocenters. The van der Waals surface area contributed by atoms with E-state index in [-0.39, 0.29) is 5.91 Å². The van der Waals surface area contributed by atoms with E-state index in [1.807, 2.05) is 0 Å². The Balaban J connectivity index is 1.44. The Labute approximate surface area is 150 Å². The van der Waals surface area contributed by atoms with Gasteiger partial charge in [0.25, 0.3) is 0 Å². The van der Waals surface area contributed by atoms with Gasteiger partial charge < -0.3 is 5.32 Å². The Hall–Kier alpha value is -1.14. The monoisotopic (exact) mass is 361 g/mol. The van der Waals surface area contributed by atoms with Crippen molar-refractivity contribution in [1.82, 2.24) is 15.3 Å². The molecule has 0 spiro atoms. The lowest BCUT2D eigenvalue weighted by molar-refractivity contribution is -0.119. The number of carbonyl (C=O) groups is 1. The molecule has 0 aromatic carbocycles. The molecule has 2 aromatic rings. The highest BCUT2D eigenvalue weighted by Gasteiger charge is 2.24. The topological polar surface area (TPSA) is 54.9 Å². The first-order valence-corrected chi connectivity index (χ1v) is 10.7. The number of carbonyl (C=O) groups excluding carboxylic acids is 1. The van der Waals surface area contributed by atoms with Crippen LogP contribution in [0.15, 0.2) is 11.4 Å². The zero-order valence-corrected chi connectivity index (χ0v) is 15.6. The summed E-state index contributed by atoms with van der Waals surface area (Å²) in [4.78, 5) is 23.8. The number of rotatable bonds is 4. The number of aromatic nitrogens is 2. The first-order chi connectivity index (χ1) is 11.7. The van der Waals surface area contributed by atoms with Crippen molar-refractivity contribution in [3.8, 4) is 0 Å². The molecule has 4 nitrogen and oxygen atoms in total. The second-order valence-corrected chi connectivity index (χ2v) is 8.99. The highest BCUT2D eigenvalue weighted by atomic mass is 32.2. The van der Waals surface area contributed by atoms with Gasteiger partial charge in [0.15, 0.2) is 0 Å². The molecule has 1 amide bonds. The molecule has 0 aliphatic heterocycles. The van der Waals surface area contributed by atoms with Gasteiger partial charge in [-0.3, -0.25) is 4.79 Å². The molecule has 0 saturated heterocycles. The second kappa shape index (κ2) is 7.00. The van der Waals surface area contributed by atoms with Crippen LogP contribution in [0.2, 0.25) is 0 Å². The molecule has 128 valence electrons. The molecule has 4 rings (SSSR count). The van der Waals surface area contributed by atoms with Crippen molar-refractivity contribution >= 4 is 39.2 Å². The third kappa shape index (κ3) is 3.18. The minimum atomic E-state index is 0.136. The smallest absolute Gasteiger partial charge is 0.230 e. The number of aryl methyl sites for hydroxylation is 2. The van der Waals surface area contributed by atoms with Crippen molar-refractivity contribution in [3.05, 3.63) is 16.8 Å². The SMILES string of the molecule is C[C@@H]1CCCC[C@H]1NC(=O)CSc1ncnc2sc3c(c12)CCC3. The van der Waals surface area contributed by atoms with Gasteiger partial charge in [-0.05, 0) is 43.6 Å². The maximum atomic E-state index is 12.4. The van der Waals surface area contributed by atoms with Gasteiger partial charge in [-0.2, -0.15) is 0 Å². The highest BCUT2D eigenvalue weighted by molar-refractivity contribution is 8.00. The third-order valence-electron chi connectivity index (χ3n) is 5.26. The molecule has 2 atom stereocenters. The molecule has 0 radical (unpaired) electrons. The summed E-state index contributed by atoms with van der Waals surface area (Å²) < 4.78 is 0. The van der Waals surface area contributed by atoms with Crippen LogP contribution in [0.25, 0.3) is 10.2 Å². The molecule has 1 N–H and O–H groups in total. The van der Waals surface area contributed by atoms with E-state index in [0.717, 1.165) is 22.7 Å². The summed E-state index contributed by atoms with van der Waals surface area (Å²) in [5.41, 5.74) is 1.43. The Bertz CT molecular complexity index is 758. The normalized spacial score (nSPS) is 23.4. The molecule has 2 aliphatic rings. The molecule has 2 aliphatic carbocycles. The lowest BCUT2D eigenvalue weighted by Crippen LogP contribution is -2.41. The Morgan fingerprint density at radius 3 is 3.04 bits per heavy atom. The molecule has 24 heavy (non-hydrogen) atoms. The standard InChI is InChI=1S/C18H23N3OS2/c1-11-5-2-3-7-13(11)21-15(22)9-23-17-16-12-6-4-8-14(12)24-18(16)20-10-19-17/h10-11,13H,2-9H2,1H3,(H,21,22)/t11-,13-/m1/s1. The summed E-state index contributed by atoms with van der Waals surface area (Å²) in [6.07, 6.45) is 10.0. The van der Waals surface area contributed by atoms with E-state index in [0.29, 0.717) is 17.7 Å². The van der Waals surface area contributed by atoms with Gasteiger partial charge in [-0.15, -0.1) is 11.3 Å². The molecule has 0 bridgehead atoms. The molecular weight excluding hydrogens is 338 g/mol. The summed E-state index contributed by atoms with van der Waals surface area (Å²) in [6.45, 7) is 2.25. The van der Waals surface area contributed by atoms with Crippen molar-refractivity contribution in [2.24, 2.45) is 5.92 Å². The molecular formula is C18H23N3OS2. The lowest BCUT2D eigenvalue weighted by atomic mass is 9.86. The molecule has 2 aromatic heterocycles. The largest absolute Gasteiger partial charge is 0.352 e. The number of hydrogen-bond acceptors (Lipinski definition) is 5. The third-order valence-corrected chi connectivity index (χ3v) is 7.45. The van der Waals surface area contributed by atoms with E-state index in [2.05, 4.69) is 22.2 Å². The number of hydrogen-bond donors (Lipinski definition) is 1. The number of amides is 1. The van der Waals surface area contributed by atoms with Crippen LogP contribution in [0, 0.1) is 5.92 Å². The van der Waals surface area contributed by atoms with E-state index >= 15 is 0 Å². The molecule has 1 saturated carbocycles. The number of nitrogens with one attached hydrogen (secondary N) is 1. The van der Waals surface area contributed by atoms with Gasteiger partial charge in [0.05, 0.1) is 5.75 Å². The van der Waals surface area contributed by atoms with Gasteiger partial charge >= 0.3 is 0 Å². The van der Waals surface area contributed by atoms with Crippen molar-refractivity contribution in [1.29, 1.82) is 0 Å². The van der Waals surface area contributed by atoms with Crippen LogP contribution in [0.4, 0.5) is 0 Å². The zero-order valence-electron chi connectivity index (χ0n) is 14.0. The van der Waals surface area contributed by atoms with Crippen molar-refractivity contribution < 1.29 is 4.79 Å². The van der Waals surface area contributed by atoms with Crippen LogP contribution in [0.1, 0.15) is 49.5 Å². The fourth-order valence-electron chi connectivity index (χ4n) is 3.92. The summed E-state index contributed by atoms with van der Waals surface area (Å²) in [6, 6.07) is 0.350. The van der Waals surface area contributed by atoms with E-state index in [9.17, 15) is 4.79 Å². The van der Waals surface area contributed by atoms with Crippen molar-refractivity contribution in [2.75, 3.05) is 5.75 Å². The van der Waals surface area contributed by atoms with Crippen LogP contribution in [0.3, 0.4) is 0 Å². The van der Waals surface area contributed by atoms with E-state index < -0.39 is 0 Å². The first kappa shape index (κ1) is 16.3. The molecule has 1 fully saturated rings. The van der Waals surface area contributed by atoms with E-state index in [1.54, 1.807) is 29.4 Å². The summed E-state index contributed by atoms with van der Waals surface area (Å²) >= 11 is 3.36. The van der Waals surface area contributed by atoms with E-state index in [4.69, 9.17) is 0 Å². The maximum absolute atomic E-state index is 12.4. The van der Waals surface area contributed by atoms with Crippen molar-refractivity contribution in [2.45, 2.75) is 62.9 Å². The Morgan fingerprint density at radius 2 is 2.17 bits per heavy atom. The van der Waals surface area contributed by atoms with Crippen LogP contribution < -0.4 is 5.32 Å². The number of nitrogens with zero attached hydrogens (tertiary/aromatic N) is 2. The van der Waals surface area contributed by atoms with Gasteiger partial charge in [-0.25, -0.2) is 9.97 Å². The number of fused-ring (bicyclic) bond motifs is 3. The van der Waals surface area contributed by atoms with Gasteiger partial charge in [0.1, 0.15) is 16.2 Å². The summed E-state index contributed by atoms with van der Waals surface area (Å²) in [5.74, 6) is 1.18. The van der Waals surface area contributed by atoms with Gasteiger partial charge in [0.2, 0.25) is 5.91 Å². The van der Waals surface area contributed by atoms with Crippen LogP contribution in [-0.4, -0.2) is 27.7 Å². The van der Waals surface area contributed by atoms with Gasteiger partial charge in [-0.1, -0.05) is 31.5 Å². The zero-order chi connectivity index (χ0) is 16.5. The minimum Gasteiger partial charge on any atom is -0.352 e. The average Bonchev–Trinajstić information content (AvgIpc) is 3.16. The fourth-order valence-corrected chi connectivity index (χ4v) is 6.05.